The smallest absolute Gasteiger partial charge is 0.185 e. The van der Waals surface area contributed by atoms with E-state index in [1.54, 1.807) is 26.4 Å². The molecule has 2 aromatic rings. The van der Waals surface area contributed by atoms with Crippen LogP contribution in [-0.2, 0) is 4.74 Å². The first-order valence-corrected chi connectivity index (χ1v) is 8.59. The Bertz CT molecular complexity index is 794. The predicted octanol–water partition coefficient (Wildman–Crippen LogP) is 3.44. The number of ketones is 1. The molecule has 0 bridgehead atoms. The number of para-hydroxylation sites is 1. The predicted molar refractivity (Wildman–Crippen MR) is 102 cm³/mol. The summed E-state index contributed by atoms with van der Waals surface area (Å²) in [5, 5.41) is 0. The van der Waals surface area contributed by atoms with Crippen molar-refractivity contribution in [3.8, 4) is 11.5 Å². The summed E-state index contributed by atoms with van der Waals surface area (Å²) >= 11 is 0. The molecule has 1 aliphatic heterocycles. The number of nitrogens with zero attached hydrogens (tertiary/aromatic N) is 1. The number of benzene rings is 2. The second kappa shape index (κ2) is 8.54. The van der Waals surface area contributed by atoms with Gasteiger partial charge >= 0.3 is 0 Å². The van der Waals surface area contributed by atoms with E-state index in [1.165, 1.54) is 0 Å². The average Bonchev–Trinajstić information content (AvgIpc) is 2.72. The summed E-state index contributed by atoms with van der Waals surface area (Å²) in [4.78, 5) is 14.8. The van der Waals surface area contributed by atoms with Gasteiger partial charge in [0, 0.05) is 29.9 Å². The molecule has 0 spiro atoms. The maximum atomic E-state index is 12.6. The van der Waals surface area contributed by atoms with Crippen molar-refractivity contribution in [2.24, 2.45) is 0 Å². The molecule has 0 amide bonds. The van der Waals surface area contributed by atoms with Crippen LogP contribution in [0, 0.1) is 0 Å². The van der Waals surface area contributed by atoms with Crippen LogP contribution < -0.4 is 14.4 Å². The Kier molecular flexibility index (Phi) is 5.92. The van der Waals surface area contributed by atoms with E-state index in [2.05, 4.69) is 4.90 Å². The lowest BCUT2D eigenvalue weighted by Gasteiger charge is -2.29. The third-order valence-electron chi connectivity index (χ3n) is 4.35. The van der Waals surface area contributed by atoms with Crippen LogP contribution in [0.2, 0.25) is 0 Å². The zero-order valence-corrected chi connectivity index (χ0v) is 15.1. The zero-order chi connectivity index (χ0) is 18.4. The number of hydrogen-bond acceptors (Lipinski definition) is 5. The molecule has 1 aliphatic rings. The van der Waals surface area contributed by atoms with E-state index in [0.29, 0.717) is 30.3 Å². The molecule has 0 aliphatic carbocycles. The maximum absolute atomic E-state index is 12.6. The topological polar surface area (TPSA) is 48.0 Å². The first-order chi connectivity index (χ1) is 12.7. The third kappa shape index (κ3) is 4.06. The summed E-state index contributed by atoms with van der Waals surface area (Å²) in [6.07, 6.45) is 3.32. The maximum Gasteiger partial charge on any atom is 0.185 e. The molecule has 0 radical (unpaired) electrons. The van der Waals surface area contributed by atoms with Crippen molar-refractivity contribution in [2.45, 2.75) is 0 Å². The Morgan fingerprint density at radius 3 is 2.58 bits per heavy atom. The number of methoxy groups -OCH3 is 2. The fourth-order valence-electron chi connectivity index (χ4n) is 2.98. The molecule has 26 heavy (non-hydrogen) atoms. The molecule has 0 saturated carbocycles. The van der Waals surface area contributed by atoms with E-state index in [4.69, 9.17) is 14.2 Å². The van der Waals surface area contributed by atoms with Gasteiger partial charge in [0.15, 0.2) is 17.3 Å². The van der Waals surface area contributed by atoms with Gasteiger partial charge in [0.2, 0.25) is 0 Å². The highest BCUT2D eigenvalue weighted by Gasteiger charge is 2.13. The van der Waals surface area contributed by atoms with Crippen molar-refractivity contribution in [3.63, 3.8) is 0 Å². The molecule has 3 rings (SSSR count). The fourth-order valence-corrected chi connectivity index (χ4v) is 2.98. The monoisotopic (exact) mass is 353 g/mol. The van der Waals surface area contributed by atoms with E-state index < -0.39 is 0 Å². The number of rotatable bonds is 6. The number of carbonyl (C=O) groups is 1. The van der Waals surface area contributed by atoms with Crippen LogP contribution >= 0.6 is 0 Å². The van der Waals surface area contributed by atoms with Gasteiger partial charge in [-0.2, -0.15) is 0 Å². The number of allylic oxidation sites excluding steroid dienone is 1. The van der Waals surface area contributed by atoms with Crippen LogP contribution in [0.1, 0.15) is 15.9 Å². The normalized spacial score (nSPS) is 14.5. The van der Waals surface area contributed by atoms with Crippen molar-refractivity contribution < 1.29 is 19.0 Å². The Morgan fingerprint density at radius 2 is 1.85 bits per heavy atom. The lowest BCUT2D eigenvalue weighted by Crippen LogP contribution is -2.36. The standard InChI is InChI=1S/C21H23NO4/c1-24-20-8-4-5-16(21(20)25-2)9-10-19(23)17-6-3-7-18(15-17)22-11-13-26-14-12-22/h3-10,15H,11-14H2,1-2H3/b10-9+. The molecule has 2 aromatic carbocycles. The minimum Gasteiger partial charge on any atom is -0.493 e. The molecule has 0 N–H and O–H groups in total. The number of carbonyl (C=O) groups excluding carboxylic acids is 1. The highest BCUT2D eigenvalue weighted by atomic mass is 16.5. The van der Waals surface area contributed by atoms with Crippen molar-refractivity contribution in [1.82, 2.24) is 0 Å². The molecular weight excluding hydrogens is 330 g/mol. The van der Waals surface area contributed by atoms with Gasteiger partial charge in [-0.1, -0.05) is 24.3 Å². The summed E-state index contributed by atoms with van der Waals surface area (Å²) in [6.45, 7) is 3.12. The number of morpholine rings is 1. The summed E-state index contributed by atoms with van der Waals surface area (Å²) in [5.74, 6) is 1.20. The van der Waals surface area contributed by atoms with Crippen LogP contribution in [-0.4, -0.2) is 46.3 Å². The van der Waals surface area contributed by atoms with E-state index in [-0.39, 0.29) is 5.78 Å². The molecule has 1 fully saturated rings. The molecule has 5 nitrogen and oxygen atoms in total. The Hall–Kier alpha value is -2.79. The van der Waals surface area contributed by atoms with Gasteiger partial charge in [0.1, 0.15) is 0 Å². The molecule has 0 unspecified atom stereocenters. The summed E-state index contributed by atoms with van der Waals surface area (Å²) in [7, 11) is 3.18. The van der Waals surface area contributed by atoms with Gasteiger partial charge in [0.25, 0.3) is 0 Å². The van der Waals surface area contributed by atoms with Gasteiger partial charge in [-0.3, -0.25) is 4.79 Å². The summed E-state index contributed by atoms with van der Waals surface area (Å²) in [5.41, 5.74) is 2.50. The number of ether oxygens (including phenoxy) is 3. The molecule has 136 valence electrons. The fraction of sp³-hybridized carbons (Fsp3) is 0.286. The lowest BCUT2D eigenvalue weighted by molar-refractivity contribution is 0.104. The van der Waals surface area contributed by atoms with E-state index in [1.807, 2.05) is 42.5 Å². The van der Waals surface area contributed by atoms with E-state index in [0.717, 1.165) is 24.3 Å². The molecule has 0 atom stereocenters. The van der Waals surface area contributed by atoms with E-state index >= 15 is 0 Å². The minimum atomic E-state index is -0.0509. The van der Waals surface area contributed by atoms with Crippen LogP contribution in [0.25, 0.3) is 6.08 Å². The van der Waals surface area contributed by atoms with Crippen molar-refractivity contribution in [3.05, 3.63) is 59.7 Å². The number of anilines is 1. The zero-order valence-electron chi connectivity index (χ0n) is 15.1. The average molecular weight is 353 g/mol. The highest BCUT2D eigenvalue weighted by Crippen LogP contribution is 2.31. The van der Waals surface area contributed by atoms with Crippen molar-refractivity contribution in [2.75, 3.05) is 45.4 Å². The SMILES string of the molecule is COc1cccc(/C=C/C(=O)c2cccc(N3CCOCC3)c2)c1OC. The van der Waals surface area contributed by atoms with Gasteiger partial charge in [0.05, 0.1) is 27.4 Å². The quantitative estimate of drug-likeness (QED) is 0.588. The molecule has 1 saturated heterocycles. The number of hydrogen-bond donors (Lipinski definition) is 0. The first kappa shape index (κ1) is 18.0. The molecular formula is C21H23NO4. The van der Waals surface area contributed by atoms with E-state index in [9.17, 15) is 4.79 Å². The van der Waals surface area contributed by atoms with Crippen molar-refractivity contribution in [1.29, 1.82) is 0 Å². The van der Waals surface area contributed by atoms with Crippen LogP contribution in [0.5, 0.6) is 11.5 Å². The highest BCUT2D eigenvalue weighted by molar-refractivity contribution is 6.07. The molecule has 0 aromatic heterocycles. The van der Waals surface area contributed by atoms with Crippen LogP contribution in [0.3, 0.4) is 0 Å². The first-order valence-electron chi connectivity index (χ1n) is 8.59. The second-order valence-corrected chi connectivity index (χ2v) is 5.93. The van der Waals surface area contributed by atoms with Gasteiger partial charge in [-0.05, 0) is 30.4 Å². The van der Waals surface area contributed by atoms with Gasteiger partial charge < -0.3 is 19.1 Å². The van der Waals surface area contributed by atoms with Gasteiger partial charge in [-0.15, -0.1) is 0 Å². The Labute approximate surface area is 153 Å². The third-order valence-corrected chi connectivity index (χ3v) is 4.35. The molecule has 5 heteroatoms. The Morgan fingerprint density at radius 1 is 1.08 bits per heavy atom. The summed E-state index contributed by atoms with van der Waals surface area (Å²) in [6, 6.07) is 13.3. The van der Waals surface area contributed by atoms with Crippen LogP contribution in [0.15, 0.2) is 48.5 Å². The summed E-state index contributed by atoms with van der Waals surface area (Å²) < 4.78 is 16.1. The lowest BCUT2D eigenvalue weighted by atomic mass is 10.1. The Balaban J connectivity index is 1.79. The van der Waals surface area contributed by atoms with Gasteiger partial charge in [-0.25, -0.2) is 0 Å². The van der Waals surface area contributed by atoms with Crippen molar-refractivity contribution >= 4 is 17.5 Å². The molecule has 1 heterocycles. The minimum absolute atomic E-state index is 0.0509. The second-order valence-electron chi connectivity index (χ2n) is 5.93. The largest absolute Gasteiger partial charge is 0.493 e. The van der Waals surface area contributed by atoms with Crippen LogP contribution in [0.4, 0.5) is 5.69 Å².